The third kappa shape index (κ3) is 6.78. The zero-order chi connectivity index (χ0) is 19.7. The molecule has 0 aromatic heterocycles. The number of guanidine groups is 1. The highest BCUT2D eigenvalue weighted by atomic mass is 19.1. The lowest BCUT2D eigenvalue weighted by Gasteiger charge is -2.22. The van der Waals surface area contributed by atoms with E-state index in [2.05, 4.69) is 29.6 Å². The van der Waals surface area contributed by atoms with E-state index in [0.29, 0.717) is 19.7 Å². The molecule has 0 radical (unpaired) electrons. The first-order chi connectivity index (χ1) is 13.0. The van der Waals surface area contributed by atoms with E-state index in [-0.39, 0.29) is 17.3 Å². The molecule has 27 heavy (non-hydrogen) atoms. The molecule has 1 aromatic carbocycles. The second-order valence-corrected chi connectivity index (χ2v) is 7.51. The van der Waals surface area contributed by atoms with Gasteiger partial charge in [-0.25, -0.2) is 4.39 Å². The SMILES string of the molecule is CCNC(=NCC1(c2ccccc2F)CC1)NCC(CCN(C)C)OCC. The highest BCUT2D eigenvalue weighted by Gasteiger charge is 2.45. The third-order valence-corrected chi connectivity index (χ3v) is 4.98. The molecular weight excluding hydrogens is 343 g/mol. The Balaban J connectivity index is 1.96. The zero-order valence-corrected chi connectivity index (χ0v) is 17.2. The summed E-state index contributed by atoms with van der Waals surface area (Å²) >= 11 is 0. The molecule has 1 saturated carbocycles. The van der Waals surface area contributed by atoms with Crippen molar-refractivity contribution in [2.75, 3.05) is 46.9 Å². The van der Waals surface area contributed by atoms with Crippen LogP contribution >= 0.6 is 0 Å². The van der Waals surface area contributed by atoms with Gasteiger partial charge in [0.15, 0.2) is 5.96 Å². The van der Waals surface area contributed by atoms with Gasteiger partial charge in [0.05, 0.1) is 12.6 Å². The van der Waals surface area contributed by atoms with Gasteiger partial charge in [0.1, 0.15) is 5.82 Å². The fourth-order valence-electron chi connectivity index (χ4n) is 3.22. The average Bonchev–Trinajstić information content (AvgIpc) is 3.43. The molecule has 0 heterocycles. The standard InChI is InChI=1S/C21H35FN4O/c1-5-23-20(24-15-17(27-6-2)11-14-26(3)4)25-16-21(12-13-21)18-9-7-8-10-19(18)22/h7-10,17H,5-6,11-16H2,1-4H3,(H2,23,24,25). The van der Waals surface area contributed by atoms with E-state index >= 15 is 0 Å². The molecule has 1 fully saturated rings. The van der Waals surface area contributed by atoms with Crippen LogP contribution in [0.1, 0.15) is 38.7 Å². The summed E-state index contributed by atoms with van der Waals surface area (Å²) in [6, 6.07) is 7.08. The molecule has 0 amide bonds. The van der Waals surface area contributed by atoms with E-state index in [1.807, 2.05) is 26.0 Å². The Hall–Kier alpha value is -1.66. The number of hydrogen-bond acceptors (Lipinski definition) is 3. The molecule has 6 heteroatoms. The van der Waals surface area contributed by atoms with Crippen LogP contribution in [0.15, 0.2) is 29.3 Å². The van der Waals surface area contributed by atoms with Crippen LogP contribution in [0.4, 0.5) is 4.39 Å². The number of aliphatic imine (C=N–C) groups is 1. The maximum Gasteiger partial charge on any atom is 0.191 e. The Labute approximate surface area is 163 Å². The molecule has 2 rings (SSSR count). The summed E-state index contributed by atoms with van der Waals surface area (Å²) in [7, 11) is 4.14. The fraction of sp³-hybridized carbons (Fsp3) is 0.667. The first kappa shape index (κ1) is 21.6. The minimum atomic E-state index is -0.141. The maximum atomic E-state index is 14.2. The summed E-state index contributed by atoms with van der Waals surface area (Å²) in [4.78, 5) is 6.92. The molecular formula is C21H35FN4O. The molecule has 1 aromatic rings. The van der Waals surface area contributed by atoms with E-state index in [1.54, 1.807) is 12.1 Å². The van der Waals surface area contributed by atoms with Crippen molar-refractivity contribution in [1.82, 2.24) is 15.5 Å². The maximum absolute atomic E-state index is 14.2. The molecule has 2 N–H and O–H groups in total. The zero-order valence-electron chi connectivity index (χ0n) is 17.2. The molecule has 0 saturated heterocycles. The van der Waals surface area contributed by atoms with Crippen molar-refractivity contribution in [2.24, 2.45) is 4.99 Å². The predicted molar refractivity (Wildman–Crippen MR) is 110 cm³/mol. The summed E-state index contributed by atoms with van der Waals surface area (Å²) in [6.07, 6.45) is 3.08. The number of nitrogens with zero attached hydrogens (tertiary/aromatic N) is 2. The minimum absolute atomic E-state index is 0.122. The van der Waals surface area contributed by atoms with E-state index < -0.39 is 0 Å². The van der Waals surface area contributed by atoms with Gasteiger partial charge in [-0.3, -0.25) is 4.99 Å². The minimum Gasteiger partial charge on any atom is -0.377 e. The largest absolute Gasteiger partial charge is 0.377 e. The lowest BCUT2D eigenvalue weighted by atomic mass is 9.95. The number of rotatable bonds is 11. The summed E-state index contributed by atoms with van der Waals surface area (Å²) in [5, 5.41) is 6.69. The Morgan fingerprint density at radius 3 is 2.59 bits per heavy atom. The Morgan fingerprint density at radius 2 is 2.00 bits per heavy atom. The summed E-state index contributed by atoms with van der Waals surface area (Å²) in [5.74, 6) is 0.651. The second kappa shape index (κ2) is 10.6. The Morgan fingerprint density at radius 1 is 1.26 bits per heavy atom. The van der Waals surface area contributed by atoms with Gasteiger partial charge in [-0.1, -0.05) is 18.2 Å². The molecule has 1 atom stereocenters. The summed E-state index contributed by atoms with van der Waals surface area (Å²) in [5.41, 5.74) is 0.653. The normalized spacial score (nSPS) is 17.0. The fourth-order valence-corrected chi connectivity index (χ4v) is 3.22. The van der Waals surface area contributed by atoms with Crippen molar-refractivity contribution in [2.45, 2.75) is 44.6 Å². The van der Waals surface area contributed by atoms with Crippen molar-refractivity contribution < 1.29 is 9.13 Å². The molecule has 0 spiro atoms. The van der Waals surface area contributed by atoms with E-state index in [0.717, 1.165) is 43.9 Å². The van der Waals surface area contributed by atoms with E-state index in [1.165, 1.54) is 0 Å². The first-order valence-corrected chi connectivity index (χ1v) is 10.0. The van der Waals surface area contributed by atoms with Crippen molar-refractivity contribution >= 4 is 5.96 Å². The first-order valence-electron chi connectivity index (χ1n) is 10.0. The highest BCUT2D eigenvalue weighted by Crippen LogP contribution is 2.49. The van der Waals surface area contributed by atoms with Gasteiger partial charge >= 0.3 is 0 Å². The van der Waals surface area contributed by atoms with Crippen LogP contribution in [0.25, 0.3) is 0 Å². The molecule has 1 aliphatic carbocycles. The van der Waals surface area contributed by atoms with Crippen molar-refractivity contribution in [3.8, 4) is 0 Å². The van der Waals surface area contributed by atoms with E-state index in [4.69, 9.17) is 9.73 Å². The monoisotopic (exact) mass is 378 g/mol. The lowest BCUT2D eigenvalue weighted by molar-refractivity contribution is 0.0548. The van der Waals surface area contributed by atoms with Gasteiger partial charge in [0, 0.05) is 31.7 Å². The number of nitrogens with one attached hydrogen (secondary N) is 2. The van der Waals surface area contributed by atoms with Gasteiger partial charge in [-0.05, 0) is 58.8 Å². The van der Waals surface area contributed by atoms with Crippen molar-refractivity contribution in [3.63, 3.8) is 0 Å². The average molecular weight is 379 g/mol. The summed E-state index contributed by atoms with van der Waals surface area (Å²) in [6.45, 7) is 7.84. The van der Waals surface area contributed by atoms with Gasteiger partial charge in [-0.2, -0.15) is 0 Å². The number of ether oxygens (including phenoxy) is 1. The number of hydrogen-bond donors (Lipinski definition) is 2. The van der Waals surface area contributed by atoms with Gasteiger partial charge in [0.2, 0.25) is 0 Å². The van der Waals surface area contributed by atoms with Crippen LogP contribution in [0.2, 0.25) is 0 Å². The van der Waals surface area contributed by atoms with Gasteiger partial charge in [-0.15, -0.1) is 0 Å². The smallest absolute Gasteiger partial charge is 0.191 e. The molecule has 1 unspecified atom stereocenters. The highest BCUT2D eigenvalue weighted by molar-refractivity contribution is 5.79. The van der Waals surface area contributed by atoms with Crippen LogP contribution in [0.3, 0.4) is 0 Å². The van der Waals surface area contributed by atoms with E-state index in [9.17, 15) is 4.39 Å². The predicted octanol–water partition coefficient (Wildman–Crippen LogP) is 2.77. The van der Waals surface area contributed by atoms with Crippen LogP contribution in [0.5, 0.6) is 0 Å². The van der Waals surface area contributed by atoms with Gasteiger partial charge in [0.25, 0.3) is 0 Å². The Kier molecular flexibility index (Phi) is 8.51. The van der Waals surface area contributed by atoms with Crippen LogP contribution < -0.4 is 10.6 Å². The molecule has 0 aliphatic heterocycles. The summed E-state index contributed by atoms with van der Waals surface area (Å²) < 4.78 is 20.0. The lowest BCUT2D eigenvalue weighted by Crippen LogP contribution is -2.43. The third-order valence-electron chi connectivity index (χ3n) is 4.98. The Bertz CT molecular complexity index is 602. The quantitative estimate of drug-likeness (QED) is 0.459. The van der Waals surface area contributed by atoms with Crippen molar-refractivity contribution in [3.05, 3.63) is 35.6 Å². The molecule has 5 nitrogen and oxygen atoms in total. The number of benzene rings is 1. The second-order valence-electron chi connectivity index (χ2n) is 7.51. The number of halogens is 1. The van der Waals surface area contributed by atoms with Crippen LogP contribution in [-0.4, -0.2) is 63.8 Å². The van der Waals surface area contributed by atoms with Crippen LogP contribution in [-0.2, 0) is 10.2 Å². The van der Waals surface area contributed by atoms with Crippen molar-refractivity contribution in [1.29, 1.82) is 0 Å². The molecule has 152 valence electrons. The molecule has 0 bridgehead atoms. The van der Waals surface area contributed by atoms with Gasteiger partial charge < -0.3 is 20.3 Å². The van der Waals surface area contributed by atoms with Crippen LogP contribution in [0, 0.1) is 5.82 Å². The topological polar surface area (TPSA) is 48.9 Å². The molecule has 1 aliphatic rings.